The summed E-state index contributed by atoms with van der Waals surface area (Å²) in [6, 6.07) is 6.30. The second-order valence-electron chi connectivity index (χ2n) is 4.26. The molecule has 0 spiro atoms. The third-order valence-electron chi connectivity index (χ3n) is 2.76. The second kappa shape index (κ2) is 8.06. The minimum Gasteiger partial charge on any atom is -0.385 e. The van der Waals surface area contributed by atoms with E-state index in [0.29, 0.717) is 18.7 Å². The van der Waals surface area contributed by atoms with Gasteiger partial charge in [0.2, 0.25) is 5.91 Å². The van der Waals surface area contributed by atoms with Crippen molar-refractivity contribution in [1.82, 2.24) is 4.90 Å². The predicted molar refractivity (Wildman–Crippen MR) is 76.3 cm³/mol. The van der Waals surface area contributed by atoms with E-state index in [2.05, 4.69) is 0 Å². The van der Waals surface area contributed by atoms with Gasteiger partial charge in [-0.1, -0.05) is 12.1 Å². The molecule has 0 unspecified atom stereocenters. The third-order valence-corrected chi connectivity index (χ3v) is 2.76. The molecule has 1 aromatic rings. The molecule has 6 nitrogen and oxygen atoms in total. The van der Waals surface area contributed by atoms with Gasteiger partial charge in [-0.3, -0.25) is 14.9 Å². The molecule has 0 atom stereocenters. The molecule has 108 valence electrons. The van der Waals surface area contributed by atoms with Gasteiger partial charge in [-0.25, -0.2) is 0 Å². The number of hydrogen-bond donors (Lipinski definition) is 0. The molecule has 6 heteroatoms. The Morgan fingerprint density at radius 1 is 1.45 bits per heavy atom. The van der Waals surface area contributed by atoms with E-state index >= 15 is 0 Å². The number of nitrogens with zero attached hydrogens (tertiary/aromatic N) is 2. The van der Waals surface area contributed by atoms with Gasteiger partial charge in [0.1, 0.15) is 0 Å². The Labute approximate surface area is 117 Å². The Morgan fingerprint density at radius 2 is 2.15 bits per heavy atom. The monoisotopic (exact) mass is 278 g/mol. The van der Waals surface area contributed by atoms with Gasteiger partial charge in [0.05, 0.1) is 10.5 Å². The SMILES string of the molecule is COCCCN(C)C(=O)/C=C/c1ccccc1[N+](=O)[O-]. The molecule has 0 heterocycles. The van der Waals surface area contributed by atoms with Crippen molar-refractivity contribution in [3.8, 4) is 0 Å². The van der Waals surface area contributed by atoms with Crippen LogP contribution >= 0.6 is 0 Å². The van der Waals surface area contributed by atoms with E-state index in [4.69, 9.17) is 4.74 Å². The van der Waals surface area contributed by atoms with Gasteiger partial charge in [0.15, 0.2) is 0 Å². The van der Waals surface area contributed by atoms with Gasteiger partial charge in [0.25, 0.3) is 5.69 Å². The number of carbonyl (C=O) groups excluding carboxylic acids is 1. The molecule has 0 aliphatic rings. The summed E-state index contributed by atoms with van der Waals surface area (Å²) < 4.78 is 4.91. The fourth-order valence-electron chi connectivity index (χ4n) is 1.64. The number of nitro benzene ring substituents is 1. The van der Waals surface area contributed by atoms with E-state index in [-0.39, 0.29) is 11.6 Å². The highest BCUT2D eigenvalue weighted by atomic mass is 16.6. The molecule has 0 aliphatic carbocycles. The summed E-state index contributed by atoms with van der Waals surface area (Å²) in [5.41, 5.74) is 0.398. The van der Waals surface area contributed by atoms with Crippen LogP contribution in [0.15, 0.2) is 30.3 Å². The molecule has 1 rings (SSSR count). The Balaban J connectivity index is 2.68. The fourth-order valence-corrected chi connectivity index (χ4v) is 1.64. The highest BCUT2D eigenvalue weighted by molar-refractivity contribution is 5.92. The van der Waals surface area contributed by atoms with Crippen LogP contribution in [0.1, 0.15) is 12.0 Å². The molecule has 1 aromatic carbocycles. The van der Waals surface area contributed by atoms with Crippen LogP contribution in [0, 0.1) is 10.1 Å². The molecule has 0 aliphatic heterocycles. The average Bonchev–Trinajstić information content (AvgIpc) is 2.45. The molecule has 20 heavy (non-hydrogen) atoms. The highest BCUT2D eigenvalue weighted by Gasteiger charge is 2.10. The van der Waals surface area contributed by atoms with E-state index in [9.17, 15) is 14.9 Å². The number of ether oxygens (including phenoxy) is 1. The molecule has 1 amide bonds. The maximum atomic E-state index is 11.8. The maximum Gasteiger partial charge on any atom is 0.276 e. The number of para-hydroxylation sites is 1. The second-order valence-corrected chi connectivity index (χ2v) is 4.26. The Kier molecular flexibility index (Phi) is 6.39. The van der Waals surface area contributed by atoms with Crippen molar-refractivity contribution < 1.29 is 14.5 Å². The summed E-state index contributed by atoms with van der Waals surface area (Å²) in [6.45, 7) is 1.17. The largest absolute Gasteiger partial charge is 0.385 e. The number of methoxy groups -OCH3 is 1. The summed E-state index contributed by atoms with van der Waals surface area (Å²) >= 11 is 0. The standard InChI is InChI=1S/C14H18N2O4/c1-15(10-5-11-20-2)14(17)9-8-12-6-3-4-7-13(12)16(18)19/h3-4,6-9H,5,10-11H2,1-2H3/b9-8+. The van der Waals surface area contributed by atoms with Crippen LogP contribution in [-0.4, -0.2) is 43.0 Å². The first-order valence-corrected chi connectivity index (χ1v) is 6.21. The maximum absolute atomic E-state index is 11.8. The normalized spacial score (nSPS) is 10.7. The Morgan fingerprint density at radius 3 is 2.80 bits per heavy atom. The van der Waals surface area contributed by atoms with Gasteiger partial charge in [0, 0.05) is 39.5 Å². The first-order chi connectivity index (χ1) is 9.56. The van der Waals surface area contributed by atoms with Crippen molar-refractivity contribution >= 4 is 17.7 Å². The van der Waals surface area contributed by atoms with Crippen molar-refractivity contribution in [2.45, 2.75) is 6.42 Å². The number of hydrogen-bond acceptors (Lipinski definition) is 4. The average molecular weight is 278 g/mol. The van der Waals surface area contributed by atoms with Gasteiger partial charge >= 0.3 is 0 Å². The van der Waals surface area contributed by atoms with E-state index < -0.39 is 4.92 Å². The number of rotatable bonds is 7. The lowest BCUT2D eigenvalue weighted by Gasteiger charge is -2.14. The molecule has 0 aromatic heterocycles. The van der Waals surface area contributed by atoms with Crippen molar-refractivity contribution in [1.29, 1.82) is 0 Å². The quantitative estimate of drug-likeness (QED) is 0.331. The van der Waals surface area contributed by atoms with Crippen molar-refractivity contribution in [3.05, 3.63) is 46.0 Å². The zero-order chi connectivity index (χ0) is 15.0. The van der Waals surface area contributed by atoms with E-state index in [1.54, 1.807) is 37.3 Å². The van der Waals surface area contributed by atoms with Gasteiger partial charge in [-0.05, 0) is 18.6 Å². The highest BCUT2D eigenvalue weighted by Crippen LogP contribution is 2.18. The molecule has 0 saturated heterocycles. The number of amides is 1. The summed E-state index contributed by atoms with van der Waals surface area (Å²) in [4.78, 5) is 23.7. The van der Waals surface area contributed by atoms with E-state index in [1.807, 2.05) is 0 Å². The van der Waals surface area contributed by atoms with Gasteiger partial charge < -0.3 is 9.64 Å². The number of nitro groups is 1. The Hall–Kier alpha value is -2.21. The summed E-state index contributed by atoms with van der Waals surface area (Å²) in [5, 5.41) is 10.8. The van der Waals surface area contributed by atoms with Crippen LogP contribution < -0.4 is 0 Å². The van der Waals surface area contributed by atoms with Crippen LogP contribution in [0.3, 0.4) is 0 Å². The molecule has 0 radical (unpaired) electrons. The van der Waals surface area contributed by atoms with Gasteiger partial charge in [-0.15, -0.1) is 0 Å². The van der Waals surface area contributed by atoms with E-state index in [0.717, 1.165) is 6.42 Å². The zero-order valence-electron chi connectivity index (χ0n) is 11.6. The summed E-state index contributed by atoms with van der Waals surface area (Å²) in [7, 11) is 3.29. The number of benzene rings is 1. The Bertz CT molecular complexity index is 500. The topological polar surface area (TPSA) is 72.7 Å². The molecular weight excluding hydrogens is 260 g/mol. The lowest BCUT2D eigenvalue weighted by atomic mass is 10.1. The van der Waals surface area contributed by atoms with Crippen LogP contribution in [0.5, 0.6) is 0 Å². The van der Waals surface area contributed by atoms with Gasteiger partial charge in [-0.2, -0.15) is 0 Å². The minimum absolute atomic E-state index is 0.0152. The number of carbonyl (C=O) groups is 1. The molecule has 0 bridgehead atoms. The first-order valence-electron chi connectivity index (χ1n) is 6.21. The van der Waals surface area contributed by atoms with Crippen LogP contribution in [0.2, 0.25) is 0 Å². The van der Waals surface area contributed by atoms with Crippen LogP contribution in [0.25, 0.3) is 6.08 Å². The lowest BCUT2D eigenvalue weighted by Crippen LogP contribution is -2.26. The molecule has 0 N–H and O–H groups in total. The molecule has 0 fully saturated rings. The summed E-state index contributed by atoms with van der Waals surface area (Å²) in [6.07, 6.45) is 3.56. The first kappa shape index (κ1) is 15.8. The lowest BCUT2D eigenvalue weighted by molar-refractivity contribution is -0.385. The van der Waals surface area contributed by atoms with Crippen molar-refractivity contribution in [3.63, 3.8) is 0 Å². The smallest absolute Gasteiger partial charge is 0.276 e. The fraction of sp³-hybridized carbons (Fsp3) is 0.357. The minimum atomic E-state index is -0.466. The van der Waals surface area contributed by atoms with E-state index in [1.165, 1.54) is 18.2 Å². The van der Waals surface area contributed by atoms with Crippen LogP contribution in [0.4, 0.5) is 5.69 Å². The molecule has 0 saturated carbocycles. The summed E-state index contributed by atoms with van der Waals surface area (Å²) in [5.74, 6) is -0.195. The predicted octanol–water partition coefficient (Wildman–Crippen LogP) is 2.10. The van der Waals surface area contributed by atoms with Crippen molar-refractivity contribution in [2.24, 2.45) is 0 Å². The van der Waals surface area contributed by atoms with Crippen LogP contribution in [-0.2, 0) is 9.53 Å². The molecular formula is C14H18N2O4. The number of likely N-dealkylation sites (N-methyl/N-ethyl adjacent to an activating group) is 1. The van der Waals surface area contributed by atoms with Crippen molar-refractivity contribution in [2.75, 3.05) is 27.3 Å². The zero-order valence-corrected chi connectivity index (χ0v) is 11.6. The third kappa shape index (κ3) is 4.81.